The number of benzene rings is 3. The molecule has 9 heteroatoms. The molecule has 0 unspecified atom stereocenters. The molecule has 0 spiro atoms. The summed E-state index contributed by atoms with van der Waals surface area (Å²) in [5.41, 5.74) is 0.836. The molecule has 0 aliphatic rings. The van der Waals surface area contributed by atoms with Gasteiger partial charge in [0.15, 0.2) is 0 Å². The Bertz CT molecular complexity index is 1170. The fourth-order valence-corrected chi connectivity index (χ4v) is 4.07. The highest BCUT2D eigenvalue weighted by Gasteiger charge is 2.19. The number of amides is 1. The lowest BCUT2D eigenvalue weighted by atomic mass is 10.2. The zero-order valence-corrected chi connectivity index (χ0v) is 18.2. The van der Waals surface area contributed by atoms with Crippen LogP contribution < -0.4 is 14.8 Å². The summed E-state index contributed by atoms with van der Waals surface area (Å²) in [5.74, 6) is -0.0854. The lowest BCUT2D eigenvalue weighted by Gasteiger charge is -2.15. The number of halogens is 2. The van der Waals surface area contributed by atoms with Crippen molar-refractivity contribution >= 4 is 50.5 Å². The van der Waals surface area contributed by atoms with Crippen molar-refractivity contribution in [2.45, 2.75) is 11.8 Å². The van der Waals surface area contributed by atoms with Gasteiger partial charge in [-0.1, -0.05) is 35.3 Å². The second kappa shape index (κ2) is 9.38. The number of para-hydroxylation sites is 1. The Morgan fingerprint density at radius 2 is 1.67 bits per heavy atom. The van der Waals surface area contributed by atoms with E-state index in [0.29, 0.717) is 22.9 Å². The Balaban J connectivity index is 1.92. The summed E-state index contributed by atoms with van der Waals surface area (Å²) in [6.45, 7) is 2.13. The SMILES string of the molecule is CCOc1ccc(S(=O)(=O)Nc2ccccc2Cl)cc1NC(=O)c1ccc(Cl)cc1. The number of anilines is 2. The molecule has 0 aliphatic carbocycles. The van der Waals surface area contributed by atoms with Crippen LogP contribution in [0.4, 0.5) is 11.4 Å². The highest BCUT2D eigenvalue weighted by molar-refractivity contribution is 7.92. The van der Waals surface area contributed by atoms with Crippen LogP contribution in [0.3, 0.4) is 0 Å². The Kier molecular flexibility index (Phi) is 6.87. The molecule has 0 aromatic heterocycles. The molecule has 1 amide bonds. The van der Waals surface area contributed by atoms with Crippen LogP contribution in [0.5, 0.6) is 5.75 Å². The Hall–Kier alpha value is -2.74. The first-order valence-electron chi connectivity index (χ1n) is 8.91. The van der Waals surface area contributed by atoms with Gasteiger partial charge < -0.3 is 10.1 Å². The van der Waals surface area contributed by atoms with Crippen LogP contribution in [-0.4, -0.2) is 20.9 Å². The fourth-order valence-electron chi connectivity index (χ4n) is 2.60. The lowest BCUT2D eigenvalue weighted by Crippen LogP contribution is -2.16. The summed E-state index contributed by atoms with van der Waals surface area (Å²) in [4.78, 5) is 12.5. The third-order valence-corrected chi connectivity index (χ3v) is 5.98. The maximum Gasteiger partial charge on any atom is 0.262 e. The highest BCUT2D eigenvalue weighted by atomic mass is 35.5. The minimum Gasteiger partial charge on any atom is -0.492 e. The van der Waals surface area contributed by atoms with Gasteiger partial charge in [0.05, 0.1) is 27.9 Å². The van der Waals surface area contributed by atoms with Gasteiger partial charge in [0.2, 0.25) is 0 Å². The molecule has 0 saturated heterocycles. The summed E-state index contributed by atoms with van der Waals surface area (Å²) in [7, 11) is -3.95. The quantitative estimate of drug-likeness (QED) is 0.486. The normalized spacial score (nSPS) is 11.0. The molecule has 0 aliphatic heterocycles. The Morgan fingerprint density at radius 3 is 2.33 bits per heavy atom. The van der Waals surface area contributed by atoms with E-state index in [-0.39, 0.29) is 21.3 Å². The van der Waals surface area contributed by atoms with E-state index in [4.69, 9.17) is 27.9 Å². The number of carbonyl (C=O) groups is 1. The maximum absolute atomic E-state index is 12.8. The third kappa shape index (κ3) is 5.24. The van der Waals surface area contributed by atoms with Crippen LogP contribution in [0.1, 0.15) is 17.3 Å². The molecule has 2 N–H and O–H groups in total. The van der Waals surface area contributed by atoms with Crippen molar-refractivity contribution in [2.75, 3.05) is 16.6 Å². The smallest absolute Gasteiger partial charge is 0.262 e. The van der Waals surface area contributed by atoms with Crippen LogP contribution in [-0.2, 0) is 10.0 Å². The fraction of sp³-hybridized carbons (Fsp3) is 0.0952. The monoisotopic (exact) mass is 464 g/mol. The second-order valence-electron chi connectivity index (χ2n) is 6.14. The molecule has 3 rings (SSSR count). The summed E-state index contributed by atoms with van der Waals surface area (Å²) in [5, 5.41) is 3.46. The number of hydrogen-bond donors (Lipinski definition) is 2. The zero-order valence-electron chi connectivity index (χ0n) is 15.9. The number of hydrogen-bond acceptors (Lipinski definition) is 4. The summed E-state index contributed by atoms with van der Waals surface area (Å²) >= 11 is 11.9. The standard InChI is InChI=1S/C21H18Cl2N2O4S/c1-2-29-20-12-11-16(30(27,28)25-18-6-4-3-5-17(18)23)13-19(20)24-21(26)14-7-9-15(22)10-8-14/h3-13,25H,2H2,1H3,(H,24,26). The van der Waals surface area contributed by atoms with Crippen molar-refractivity contribution in [3.63, 3.8) is 0 Å². The van der Waals surface area contributed by atoms with E-state index in [1.165, 1.54) is 18.2 Å². The van der Waals surface area contributed by atoms with E-state index in [9.17, 15) is 13.2 Å². The maximum atomic E-state index is 12.8. The molecular formula is C21H18Cl2N2O4S. The van der Waals surface area contributed by atoms with E-state index in [0.717, 1.165) is 0 Å². The second-order valence-corrected chi connectivity index (χ2v) is 8.66. The van der Waals surface area contributed by atoms with Crippen molar-refractivity contribution in [2.24, 2.45) is 0 Å². The van der Waals surface area contributed by atoms with Crippen LogP contribution in [0.2, 0.25) is 10.0 Å². The van der Waals surface area contributed by atoms with E-state index >= 15 is 0 Å². The number of rotatable bonds is 7. The van der Waals surface area contributed by atoms with Crippen molar-refractivity contribution in [1.29, 1.82) is 0 Å². The molecule has 0 atom stereocenters. The molecule has 156 valence electrons. The predicted octanol–water partition coefficient (Wildman–Crippen LogP) is 5.45. The average molecular weight is 465 g/mol. The first-order valence-corrected chi connectivity index (χ1v) is 11.1. The molecule has 30 heavy (non-hydrogen) atoms. The van der Waals surface area contributed by atoms with E-state index in [2.05, 4.69) is 10.0 Å². The minimum atomic E-state index is -3.95. The van der Waals surface area contributed by atoms with Gasteiger partial charge in [-0.05, 0) is 61.5 Å². The lowest BCUT2D eigenvalue weighted by molar-refractivity contribution is 0.102. The topological polar surface area (TPSA) is 84.5 Å². The van der Waals surface area contributed by atoms with Crippen LogP contribution in [0.25, 0.3) is 0 Å². The summed E-state index contributed by atoms with van der Waals surface area (Å²) in [6.07, 6.45) is 0. The first-order chi connectivity index (χ1) is 14.3. The molecule has 0 radical (unpaired) electrons. The van der Waals surface area contributed by atoms with Crippen LogP contribution >= 0.6 is 23.2 Å². The van der Waals surface area contributed by atoms with Gasteiger partial charge in [-0.3, -0.25) is 9.52 Å². The minimum absolute atomic E-state index is 0.0581. The van der Waals surface area contributed by atoms with Crippen LogP contribution in [0, 0.1) is 0 Å². The summed E-state index contributed by atoms with van der Waals surface area (Å²) < 4.78 is 33.6. The third-order valence-electron chi connectivity index (χ3n) is 4.03. The predicted molar refractivity (Wildman–Crippen MR) is 119 cm³/mol. The number of sulfonamides is 1. The van der Waals surface area contributed by atoms with E-state index in [1.54, 1.807) is 55.5 Å². The Labute approximate surface area is 184 Å². The van der Waals surface area contributed by atoms with Gasteiger partial charge in [-0.2, -0.15) is 0 Å². The van der Waals surface area contributed by atoms with E-state index < -0.39 is 15.9 Å². The Morgan fingerprint density at radius 1 is 0.967 bits per heavy atom. The molecule has 3 aromatic rings. The molecule has 6 nitrogen and oxygen atoms in total. The van der Waals surface area contributed by atoms with Gasteiger partial charge in [-0.25, -0.2) is 8.42 Å². The molecular weight excluding hydrogens is 447 g/mol. The van der Waals surface area contributed by atoms with Gasteiger partial charge >= 0.3 is 0 Å². The molecule has 0 fully saturated rings. The molecule has 0 bridgehead atoms. The number of ether oxygens (including phenoxy) is 1. The van der Waals surface area contributed by atoms with Gasteiger partial charge in [-0.15, -0.1) is 0 Å². The first kappa shape index (κ1) is 22.0. The van der Waals surface area contributed by atoms with Crippen molar-refractivity contribution in [3.05, 3.63) is 82.3 Å². The van der Waals surface area contributed by atoms with Crippen LogP contribution in [0.15, 0.2) is 71.6 Å². The molecule has 0 heterocycles. The number of nitrogens with one attached hydrogen (secondary N) is 2. The largest absolute Gasteiger partial charge is 0.492 e. The summed E-state index contributed by atoms with van der Waals surface area (Å²) in [6, 6.07) is 17.0. The van der Waals surface area contributed by atoms with Gasteiger partial charge in [0, 0.05) is 10.6 Å². The number of carbonyl (C=O) groups excluding carboxylic acids is 1. The highest BCUT2D eigenvalue weighted by Crippen LogP contribution is 2.30. The van der Waals surface area contributed by atoms with Gasteiger partial charge in [0.1, 0.15) is 5.75 Å². The van der Waals surface area contributed by atoms with Crippen molar-refractivity contribution in [1.82, 2.24) is 0 Å². The molecule has 3 aromatic carbocycles. The van der Waals surface area contributed by atoms with E-state index in [1.807, 2.05) is 0 Å². The zero-order chi connectivity index (χ0) is 21.7. The average Bonchev–Trinajstić information content (AvgIpc) is 2.71. The van der Waals surface area contributed by atoms with Crippen molar-refractivity contribution in [3.8, 4) is 5.75 Å². The van der Waals surface area contributed by atoms with Crippen molar-refractivity contribution < 1.29 is 17.9 Å². The molecule has 0 saturated carbocycles. The van der Waals surface area contributed by atoms with Gasteiger partial charge in [0.25, 0.3) is 15.9 Å².